The lowest BCUT2D eigenvalue weighted by Crippen LogP contribution is -2.06. The van der Waals surface area contributed by atoms with E-state index in [1.165, 1.54) is 6.08 Å². The minimum Gasteiger partial charge on any atom is -0.465 e. The molecular weight excluding hydrogens is 230 g/mol. The summed E-state index contributed by atoms with van der Waals surface area (Å²) in [4.78, 5) is 10.1. The molecule has 16 heavy (non-hydrogen) atoms. The van der Waals surface area contributed by atoms with Crippen molar-refractivity contribution in [3.63, 3.8) is 0 Å². The third-order valence-corrected chi connectivity index (χ3v) is 1.55. The van der Waals surface area contributed by atoms with E-state index in [1.807, 2.05) is 6.07 Å². The van der Waals surface area contributed by atoms with Crippen LogP contribution in [-0.4, -0.2) is 22.9 Å². The number of amides is 1. The average molecular weight is 244 g/mol. The van der Waals surface area contributed by atoms with E-state index in [1.54, 1.807) is 31.2 Å². The van der Waals surface area contributed by atoms with Gasteiger partial charge in [0.05, 0.1) is 6.61 Å². The Morgan fingerprint density at radius 1 is 1.44 bits per heavy atom. The quantitative estimate of drug-likeness (QED) is 0.748. The van der Waals surface area contributed by atoms with Gasteiger partial charge in [0, 0.05) is 10.7 Å². The first-order valence-corrected chi connectivity index (χ1v) is 4.92. The van der Waals surface area contributed by atoms with Crippen molar-refractivity contribution in [1.82, 2.24) is 0 Å². The van der Waals surface area contributed by atoms with Crippen molar-refractivity contribution in [3.8, 4) is 0 Å². The molecule has 1 amide bonds. The number of anilines is 1. The second-order valence-corrected chi connectivity index (χ2v) is 3.37. The molecule has 0 saturated heterocycles. The molecule has 0 aliphatic carbocycles. The molecule has 1 rings (SSSR count). The van der Waals surface area contributed by atoms with E-state index in [-0.39, 0.29) is 6.61 Å². The molecule has 0 unspecified atom stereocenters. The fourth-order valence-electron chi connectivity index (χ4n) is 0.771. The molecule has 1 aromatic carbocycles. The van der Waals surface area contributed by atoms with Crippen LogP contribution in [0.3, 0.4) is 0 Å². The highest BCUT2D eigenvalue weighted by Crippen LogP contribution is 2.03. The predicted octanol–water partition coefficient (Wildman–Crippen LogP) is 2.90. The number of hydrogen-bond acceptors (Lipinski definition) is 2. The molecule has 0 aliphatic heterocycles. The maximum absolute atomic E-state index is 10.1. The van der Waals surface area contributed by atoms with E-state index in [0.29, 0.717) is 10.7 Å². The second-order valence-electron chi connectivity index (χ2n) is 2.77. The SMILES string of the molecule is CC(Cl)=CCO.O=C(O)Nc1ccccc1. The van der Waals surface area contributed by atoms with Gasteiger partial charge in [0.2, 0.25) is 0 Å². The summed E-state index contributed by atoms with van der Waals surface area (Å²) >= 11 is 5.28. The van der Waals surface area contributed by atoms with Gasteiger partial charge in [-0.25, -0.2) is 4.79 Å². The molecule has 0 heterocycles. The minimum atomic E-state index is -1.04. The van der Waals surface area contributed by atoms with Crippen molar-refractivity contribution < 1.29 is 15.0 Å². The number of benzene rings is 1. The van der Waals surface area contributed by atoms with Crippen LogP contribution < -0.4 is 5.32 Å². The smallest absolute Gasteiger partial charge is 0.409 e. The van der Waals surface area contributed by atoms with E-state index in [9.17, 15) is 4.79 Å². The summed E-state index contributed by atoms with van der Waals surface area (Å²) in [6.45, 7) is 1.76. The molecule has 0 radical (unpaired) electrons. The summed E-state index contributed by atoms with van der Waals surface area (Å²) in [6, 6.07) is 8.74. The highest BCUT2D eigenvalue weighted by molar-refractivity contribution is 6.29. The van der Waals surface area contributed by atoms with Crippen LogP contribution in [0.5, 0.6) is 0 Å². The lowest BCUT2D eigenvalue weighted by atomic mass is 10.3. The fraction of sp³-hybridized carbons (Fsp3) is 0.182. The zero-order valence-corrected chi connectivity index (χ0v) is 9.61. The third-order valence-electron chi connectivity index (χ3n) is 1.40. The monoisotopic (exact) mass is 243 g/mol. The number of allylic oxidation sites excluding steroid dienone is 1. The van der Waals surface area contributed by atoms with Gasteiger partial charge < -0.3 is 10.2 Å². The van der Waals surface area contributed by atoms with Crippen LogP contribution in [0.4, 0.5) is 10.5 Å². The normalized spacial score (nSPS) is 10.1. The van der Waals surface area contributed by atoms with Crippen LogP contribution in [-0.2, 0) is 0 Å². The molecule has 88 valence electrons. The topological polar surface area (TPSA) is 69.6 Å². The van der Waals surface area contributed by atoms with Crippen molar-refractivity contribution >= 4 is 23.4 Å². The molecule has 0 saturated carbocycles. The predicted molar refractivity (Wildman–Crippen MR) is 64.8 cm³/mol. The van der Waals surface area contributed by atoms with Crippen LogP contribution in [0.25, 0.3) is 0 Å². The molecule has 4 nitrogen and oxygen atoms in total. The van der Waals surface area contributed by atoms with E-state index in [4.69, 9.17) is 21.8 Å². The van der Waals surface area contributed by atoms with Gasteiger partial charge in [-0.15, -0.1) is 0 Å². The summed E-state index contributed by atoms with van der Waals surface area (Å²) in [5.41, 5.74) is 0.593. The van der Waals surface area contributed by atoms with Crippen LogP contribution in [0.15, 0.2) is 41.4 Å². The van der Waals surface area contributed by atoms with Gasteiger partial charge >= 0.3 is 6.09 Å². The zero-order chi connectivity index (χ0) is 12.4. The van der Waals surface area contributed by atoms with Crippen molar-refractivity contribution in [1.29, 1.82) is 0 Å². The number of aliphatic hydroxyl groups is 1. The van der Waals surface area contributed by atoms with Gasteiger partial charge in [0.15, 0.2) is 0 Å². The van der Waals surface area contributed by atoms with Gasteiger partial charge in [0.25, 0.3) is 0 Å². The number of para-hydroxylation sites is 1. The summed E-state index contributed by atoms with van der Waals surface area (Å²) in [5.74, 6) is 0. The standard InChI is InChI=1S/C7H7NO2.C4H7ClO/c9-7(10)8-6-4-2-1-3-5-6;1-4(5)2-3-6/h1-5,8H,(H,9,10);2,6H,3H2,1H3. The Morgan fingerprint density at radius 3 is 2.31 bits per heavy atom. The molecule has 0 atom stereocenters. The van der Waals surface area contributed by atoms with Crippen LogP contribution in [0.2, 0.25) is 0 Å². The van der Waals surface area contributed by atoms with E-state index < -0.39 is 6.09 Å². The Balaban J connectivity index is 0.000000325. The van der Waals surface area contributed by atoms with Crippen molar-refractivity contribution in [2.24, 2.45) is 0 Å². The largest absolute Gasteiger partial charge is 0.465 e. The molecule has 0 spiro atoms. The van der Waals surface area contributed by atoms with Crippen molar-refractivity contribution in [2.45, 2.75) is 6.92 Å². The lowest BCUT2D eigenvalue weighted by molar-refractivity contribution is 0.210. The molecule has 0 bridgehead atoms. The summed E-state index contributed by atoms with van der Waals surface area (Å²) in [6.07, 6.45) is 0.493. The third kappa shape index (κ3) is 9.05. The molecule has 1 aromatic rings. The van der Waals surface area contributed by atoms with Gasteiger partial charge in [-0.1, -0.05) is 29.8 Å². The van der Waals surface area contributed by atoms with Gasteiger partial charge in [-0.3, -0.25) is 5.32 Å². The minimum absolute atomic E-state index is 0.0370. The average Bonchev–Trinajstić information content (AvgIpc) is 2.18. The number of nitrogens with one attached hydrogen (secondary N) is 1. The maximum Gasteiger partial charge on any atom is 0.409 e. The molecule has 5 heteroatoms. The number of aliphatic hydroxyl groups excluding tert-OH is 1. The van der Waals surface area contributed by atoms with E-state index in [0.717, 1.165) is 0 Å². The van der Waals surface area contributed by atoms with Crippen molar-refractivity contribution in [2.75, 3.05) is 11.9 Å². The summed E-state index contributed by atoms with van der Waals surface area (Å²) in [5, 5.41) is 19.2. The Labute approximate surface area is 99.2 Å². The number of halogens is 1. The van der Waals surface area contributed by atoms with Crippen molar-refractivity contribution in [3.05, 3.63) is 41.4 Å². The van der Waals surface area contributed by atoms with Crippen LogP contribution in [0.1, 0.15) is 6.92 Å². The molecule has 3 N–H and O–H groups in total. The Bertz CT molecular complexity index is 334. The Hall–Kier alpha value is -1.52. The Morgan fingerprint density at radius 2 is 2.00 bits per heavy atom. The van der Waals surface area contributed by atoms with Crippen LogP contribution >= 0.6 is 11.6 Å². The Kier molecular flexibility index (Phi) is 7.93. The maximum atomic E-state index is 10.1. The van der Waals surface area contributed by atoms with Gasteiger partial charge in [-0.05, 0) is 25.1 Å². The van der Waals surface area contributed by atoms with E-state index in [2.05, 4.69) is 5.32 Å². The van der Waals surface area contributed by atoms with E-state index >= 15 is 0 Å². The first kappa shape index (κ1) is 14.5. The number of carboxylic acid groups (broad SMARTS) is 1. The summed E-state index contributed by atoms with van der Waals surface area (Å²) in [7, 11) is 0. The van der Waals surface area contributed by atoms with Gasteiger partial charge in [-0.2, -0.15) is 0 Å². The first-order chi connectivity index (χ1) is 7.56. The molecule has 0 fully saturated rings. The fourth-order valence-corrected chi connectivity index (χ4v) is 0.840. The first-order valence-electron chi connectivity index (χ1n) is 4.54. The summed E-state index contributed by atoms with van der Waals surface area (Å²) < 4.78 is 0. The highest BCUT2D eigenvalue weighted by atomic mass is 35.5. The number of rotatable bonds is 2. The molecular formula is C11H14ClNO3. The molecule has 0 aliphatic rings. The molecule has 0 aromatic heterocycles. The lowest BCUT2D eigenvalue weighted by Gasteiger charge is -1.96. The number of hydrogen-bond donors (Lipinski definition) is 3. The van der Waals surface area contributed by atoms with Gasteiger partial charge in [0.1, 0.15) is 0 Å². The highest BCUT2D eigenvalue weighted by Gasteiger charge is 1.93. The van der Waals surface area contributed by atoms with Crippen LogP contribution in [0, 0.1) is 0 Å². The zero-order valence-electron chi connectivity index (χ0n) is 8.85. The number of carbonyl (C=O) groups is 1. The second kappa shape index (κ2) is 8.76.